The third-order valence-corrected chi connectivity index (χ3v) is 10.4. The summed E-state index contributed by atoms with van der Waals surface area (Å²) in [6, 6.07) is 56.0. The summed E-state index contributed by atoms with van der Waals surface area (Å²) < 4.78 is 11.4. The second kappa shape index (κ2) is 12.8. The Kier molecular flexibility index (Phi) is 7.48. The summed E-state index contributed by atoms with van der Waals surface area (Å²) in [6.07, 6.45) is 7.92. The molecule has 0 radical (unpaired) electrons. The number of para-hydroxylation sites is 4. The number of nitrogens with zero attached hydrogens (tertiary/aromatic N) is 3. The van der Waals surface area contributed by atoms with Crippen LogP contribution >= 0.6 is 0 Å². The van der Waals surface area contributed by atoms with Crippen LogP contribution in [0.5, 0.6) is 0 Å². The van der Waals surface area contributed by atoms with Crippen molar-refractivity contribution in [2.75, 3.05) is 0 Å². The lowest BCUT2D eigenvalue weighted by Gasteiger charge is -2.11. The second-order valence-corrected chi connectivity index (χ2v) is 13.6. The van der Waals surface area contributed by atoms with E-state index >= 15 is 0 Å². The van der Waals surface area contributed by atoms with E-state index in [1.54, 1.807) is 0 Å². The van der Waals surface area contributed by atoms with Gasteiger partial charge in [0.05, 0.1) is 27.8 Å². The van der Waals surface area contributed by atoms with Gasteiger partial charge >= 0.3 is 0 Å². The third kappa shape index (κ3) is 5.03. The highest BCUT2D eigenvalue weighted by Crippen LogP contribution is 2.40. The van der Waals surface area contributed by atoms with E-state index in [4.69, 9.17) is 9.40 Å². The van der Waals surface area contributed by atoms with Crippen molar-refractivity contribution >= 4 is 60.4 Å². The predicted octanol–water partition coefficient (Wildman–Crippen LogP) is 13.5. The zero-order valence-electron chi connectivity index (χ0n) is 29.8. The molecule has 0 aliphatic carbocycles. The predicted molar refractivity (Wildman–Crippen MR) is 227 cm³/mol. The van der Waals surface area contributed by atoms with E-state index < -0.39 is 0 Å². The monoisotopic (exact) mass is 693 g/mol. The van der Waals surface area contributed by atoms with Crippen LogP contribution in [-0.2, 0) is 0 Å². The van der Waals surface area contributed by atoms with E-state index in [0.29, 0.717) is 0 Å². The van der Waals surface area contributed by atoms with E-state index in [9.17, 15) is 0 Å². The van der Waals surface area contributed by atoms with Crippen LogP contribution in [-0.4, -0.2) is 14.1 Å². The summed E-state index contributed by atoms with van der Waals surface area (Å²) in [7, 11) is 0. The molecule has 4 nitrogen and oxygen atoms in total. The Bertz CT molecular complexity index is 3120. The number of rotatable bonds is 7. The molecule has 0 saturated carbocycles. The number of fused-ring (bicyclic) bond motifs is 7. The van der Waals surface area contributed by atoms with Gasteiger partial charge in [-0.25, -0.2) is 4.98 Å². The lowest BCUT2D eigenvalue weighted by molar-refractivity contribution is 0.666. The molecule has 0 bridgehead atoms. The first kappa shape index (κ1) is 31.6. The molecule has 7 aromatic carbocycles. The van der Waals surface area contributed by atoms with Gasteiger partial charge in [-0.3, -0.25) is 4.57 Å². The first-order valence-electron chi connectivity index (χ1n) is 18.3. The summed E-state index contributed by atoms with van der Waals surface area (Å²) in [4.78, 5) is 5.02. The van der Waals surface area contributed by atoms with Crippen molar-refractivity contribution in [3.05, 3.63) is 194 Å². The molecule has 3 heterocycles. The van der Waals surface area contributed by atoms with Gasteiger partial charge in [-0.2, -0.15) is 0 Å². The van der Waals surface area contributed by atoms with Crippen LogP contribution in [0.4, 0.5) is 0 Å². The first-order valence-corrected chi connectivity index (χ1v) is 18.3. The molecule has 10 rings (SSSR count). The standard InChI is InChI=1S/C50H35N3O/c1-3-13-35(14-4-2)50-51-43-19-9-11-21-45(43)52(50)38-27-23-34(24-28-38)37-26-30-41-42-18-12-22-46(49(42)54-48(41)32-37)53-44-20-10-8-17-39(44)40-29-25-36(31-47(40)53)33-15-6-5-7-16-33/h3-32H,1H2,2H3/b14-4-,35-13+. The van der Waals surface area contributed by atoms with Crippen LogP contribution < -0.4 is 0 Å². The molecule has 4 heteroatoms. The van der Waals surface area contributed by atoms with Crippen LogP contribution in [0.3, 0.4) is 0 Å². The van der Waals surface area contributed by atoms with E-state index in [1.165, 1.54) is 21.9 Å². The molecule has 3 aromatic heterocycles. The maximum Gasteiger partial charge on any atom is 0.159 e. The Morgan fingerprint density at radius 1 is 0.574 bits per heavy atom. The zero-order chi connectivity index (χ0) is 36.2. The fourth-order valence-corrected chi connectivity index (χ4v) is 7.97. The van der Waals surface area contributed by atoms with Gasteiger partial charge < -0.3 is 8.98 Å². The summed E-state index contributed by atoms with van der Waals surface area (Å²) in [6.45, 7) is 5.96. The second-order valence-electron chi connectivity index (χ2n) is 13.6. The average Bonchev–Trinajstić information content (AvgIpc) is 3.90. The molecule has 10 aromatic rings. The average molecular weight is 694 g/mol. The minimum Gasteiger partial charge on any atom is -0.454 e. The smallest absolute Gasteiger partial charge is 0.159 e. The molecule has 0 spiro atoms. The highest BCUT2D eigenvalue weighted by Gasteiger charge is 2.19. The molecular weight excluding hydrogens is 659 g/mol. The zero-order valence-corrected chi connectivity index (χ0v) is 29.8. The van der Waals surface area contributed by atoms with Gasteiger partial charge in [-0.1, -0.05) is 134 Å². The third-order valence-electron chi connectivity index (χ3n) is 10.4. The molecule has 54 heavy (non-hydrogen) atoms. The Labute approximate surface area is 312 Å². The molecule has 256 valence electrons. The normalized spacial score (nSPS) is 12.3. The SMILES string of the molecule is C=C/C=C(\C=C/C)c1nc2ccccc2n1-c1ccc(-c2ccc3c(c2)oc2c(-n4c5ccccc5c5ccc(-c6ccccc6)cc54)cccc23)cc1. The minimum absolute atomic E-state index is 0.859. The highest BCUT2D eigenvalue weighted by molar-refractivity contribution is 6.13. The van der Waals surface area contributed by atoms with Gasteiger partial charge in [0.2, 0.25) is 0 Å². The Hall–Kier alpha value is -7.17. The van der Waals surface area contributed by atoms with E-state index in [-0.39, 0.29) is 0 Å². The summed E-state index contributed by atoms with van der Waals surface area (Å²) in [5, 5.41) is 4.63. The Morgan fingerprint density at radius 3 is 2.06 bits per heavy atom. The summed E-state index contributed by atoms with van der Waals surface area (Å²) >= 11 is 0. The van der Waals surface area contributed by atoms with Crippen molar-refractivity contribution in [1.29, 1.82) is 0 Å². The van der Waals surface area contributed by atoms with Crippen LogP contribution in [0.1, 0.15) is 12.7 Å². The van der Waals surface area contributed by atoms with Crippen LogP contribution in [0.25, 0.3) is 94.0 Å². The molecule has 0 amide bonds. The number of allylic oxidation sites excluding steroid dienone is 5. The Balaban J connectivity index is 1.09. The minimum atomic E-state index is 0.859. The van der Waals surface area contributed by atoms with Gasteiger partial charge in [-0.05, 0) is 83.8 Å². The first-order chi connectivity index (χ1) is 26.7. The maximum absolute atomic E-state index is 6.85. The van der Waals surface area contributed by atoms with E-state index in [1.807, 2.05) is 31.2 Å². The number of furan rings is 1. The van der Waals surface area contributed by atoms with Crippen molar-refractivity contribution in [2.45, 2.75) is 6.92 Å². The molecule has 0 atom stereocenters. The van der Waals surface area contributed by atoms with Gasteiger partial charge in [0.15, 0.2) is 5.58 Å². The highest BCUT2D eigenvalue weighted by atomic mass is 16.3. The van der Waals surface area contributed by atoms with Gasteiger partial charge in [0.25, 0.3) is 0 Å². The van der Waals surface area contributed by atoms with Gasteiger partial charge in [-0.15, -0.1) is 0 Å². The van der Waals surface area contributed by atoms with Crippen LogP contribution in [0.15, 0.2) is 193 Å². The van der Waals surface area contributed by atoms with Crippen molar-refractivity contribution in [2.24, 2.45) is 0 Å². The quantitative estimate of drug-likeness (QED) is 0.156. The fraction of sp³-hybridized carbons (Fsp3) is 0.0200. The number of hydrogen-bond donors (Lipinski definition) is 0. The number of imidazole rings is 1. The molecule has 0 aliphatic rings. The number of aromatic nitrogens is 3. The van der Waals surface area contributed by atoms with E-state index in [2.05, 4.69) is 173 Å². The Morgan fingerprint density at radius 2 is 1.24 bits per heavy atom. The van der Waals surface area contributed by atoms with Crippen LogP contribution in [0, 0.1) is 0 Å². The van der Waals surface area contributed by atoms with Gasteiger partial charge in [0, 0.05) is 32.8 Å². The number of hydrogen-bond acceptors (Lipinski definition) is 2. The van der Waals surface area contributed by atoms with Crippen molar-refractivity contribution in [3.63, 3.8) is 0 Å². The molecule has 0 unspecified atom stereocenters. The number of benzene rings is 7. The van der Waals surface area contributed by atoms with Crippen molar-refractivity contribution < 1.29 is 4.42 Å². The lowest BCUT2D eigenvalue weighted by atomic mass is 10.0. The molecule has 0 fully saturated rings. The summed E-state index contributed by atoms with van der Waals surface area (Å²) in [5.41, 5.74) is 13.7. The molecule has 0 N–H and O–H groups in total. The molecule has 0 saturated heterocycles. The largest absolute Gasteiger partial charge is 0.454 e. The van der Waals surface area contributed by atoms with Gasteiger partial charge in [0.1, 0.15) is 11.4 Å². The van der Waals surface area contributed by atoms with Crippen molar-refractivity contribution in [1.82, 2.24) is 14.1 Å². The molecular formula is C50H35N3O. The van der Waals surface area contributed by atoms with Crippen molar-refractivity contribution in [3.8, 4) is 33.6 Å². The lowest BCUT2D eigenvalue weighted by Crippen LogP contribution is -2.00. The fourth-order valence-electron chi connectivity index (χ4n) is 7.97. The summed E-state index contributed by atoms with van der Waals surface area (Å²) in [5.74, 6) is 0.876. The van der Waals surface area contributed by atoms with Crippen LogP contribution in [0.2, 0.25) is 0 Å². The van der Waals surface area contributed by atoms with E-state index in [0.717, 1.165) is 77.9 Å². The topological polar surface area (TPSA) is 35.9 Å². The molecule has 0 aliphatic heterocycles. The maximum atomic E-state index is 6.85.